The minimum absolute atomic E-state index is 0.109. The van der Waals surface area contributed by atoms with Crippen molar-refractivity contribution in [3.05, 3.63) is 86.7 Å². The Morgan fingerprint density at radius 3 is 2.49 bits per heavy atom. The van der Waals surface area contributed by atoms with Crippen LogP contribution in [0.5, 0.6) is 11.5 Å². The van der Waals surface area contributed by atoms with Crippen LogP contribution in [0.15, 0.2) is 53.3 Å². The summed E-state index contributed by atoms with van der Waals surface area (Å²) in [6, 6.07) is 13.8. The summed E-state index contributed by atoms with van der Waals surface area (Å²) in [5.74, 6) is 0.403. The van der Waals surface area contributed by atoms with Gasteiger partial charge in [0.05, 0.1) is 55.8 Å². The third kappa shape index (κ3) is 3.58. The van der Waals surface area contributed by atoms with Crippen molar-refractivity contribution in [2.45, 2.75) is 25.7 Å². The predicted octanol–water partition coefficient (Wildman–Crippen LogP) is 3.15. The highest BCUT2D eigenvalue weighted by Crippen LogP contribution is 2.39. The topological polar surface area (TPSA) is 117 Å². The van der Waals surface area contributed by atoms with Crippen LogP contribution in [0.4, 0.5) is 0 Å². The molecule has 0 saturated heterocycles. The van der Waals surface area contributed by atoms with E-state index in [-0.39, 0.29) is 36.5 Å². The van der Waals surface area contributed by atoms with Crippen LogP contribution in [-0.2, 0) is 22.7 Å². The number of pyridine rings is 2. The molecule has 2 aliphatic heterocycles. The Morgan fingerprint density at radius 1 is 1.03 bits per heavy atom. The number of aliphatic hydroxyl groups excluding tert-OH is 1. The van der Waals surface area contributed by atoms with Crippen molar-refractivity contribution in [2.75, 3.05) is 14.2 Å². The maximum atomic E-state index is 14.0. The average molecular weight is 498 g/mol. The maximum Gasteiger partial charge on any atom is 0.309 e. The summed E-state index contributed by atoms with van der Waals surface area (Å²) < 4.78 is 17.3. The summed E-state index contributed by atoms with van der Waals surface area (Å²) >= 11 is 0. The molecule has 4 aromatic rings. The first-order chi connectivity index (χ1) is 17.9. The molecule has 37 heavy (non-hydrogen) atoms. The van der Waals surface area contributed by atoms with Gasteiger partial charge in [0, 0.05) is 22.1 Å². The van der Waals surface area contributed by atoms with Gasteiger partial charge in [0.1, 0.15) is 18.1 Å². The molecule has 0 spiro atoms. The Morgan fingerprint density at radius 2 is 1.76 bits per heavy atom. The number of cyclic esters (lactones) is 1. The fourth-order valence-corrected chi connectivity index (χ4v) is 5.06. The second-order valence-electron chi connectivity index (χ2n) is 8.99. The van der Waals surface area contributed by atoms with Crippen molar-refractivity contribution in [2.24, 2.45) is 0 Å². The number of ether oxygens (including phenoxy) is 3. The van der Waals surface area contributed by atoms with E-state index in [1.807, 2.05) is 0 Å². The van der Waals surface area contributed by atoms with Gasteiger partial charge >= 0.3 is 5.97 Å². The first kappa shape index (κ1) is 22.9. The van der Waals surface area contributed by atoms with Gasteiger partial charge in [-0.2, -0.15) is 0 Å². The second kappa shape index (κ2) is 8.56. The number of benzene rings is 2. The number of methoxy groups -OCH3 is 2. The zero-order valence-electron chi connectivity index (χ0n) is 20.1. The minimum atomic E-state index is -1.17. The zero-order valence-corrected chi connectivity index (χ0v) is 20.1. The van der Waals surface area contributed by atoms with Crippen LogP contribution < -0.4 is 15.0 Å². The van der Waals surface area contributed by atoms with Gasteiger partial charge in [-0.3, -0.25) is 14.4 Å². The molecule has 6 rings (SSSR count). The molecule has 0 fully saturated rings. The SMILES string of the molecule is COc1ccc(C(=O)c2c3c(nc4ccc(OC)cc24)-c2cc4c(c(=O)n2C3)COC(=O)CC4O)cc1. The number of esters is 1. The Balaban J connectivity index is 1.60. The van der Waals surface area contributed by atoms with Crippen molar-refractivity contribution < 1.29 is 28.9 Å². The molecule has 1 atom stereocenters. The number of rotatable bonds is 4. The van der Waals surface area contributed by atoms with Gasteiger partial charge in [-0.1, -0.05) is 0 Å². The lowest BCUT2D eigenvalue weighted by Gasteiger charge is -2.13. The predicted molar refractivity (Wildman–Crippen MR) is 133 cm³/mol. The Kier molecular flexibility index (Phi) is 5.31. The highest BCUT2D eigenvalue weighted by atomic mass is 16.5. The maximum absolute atomic E-state index is 14.0. The van der Waals surface area contributed by atoms with Gasteiger partial charge in [0.15, 0.2) is 5.78 Å². The Bertz CT molecular complexity index is 1670. The summed E-state index contributed by atoms with van der Waals surface area (Å²) in [5.41, 5.74) is 3.19. The lowest BCUT2D eigenvalue weighted by Crippen LogP contribution is -2.25. The van der Waals surface area contributed by atoms with Gasteiger partial charge in [0.2, 0.25) is 0 Å². The molecule has 0 saturated carbocycles. The van der Waals surface area contributed by atoms with Gasteiger partial charge in [-0.25, -0.2) is 4.98 Å². The van der Waals surface area contributed by atoms with Gasteiger partial charge in [0.25, 0.3) is 5.56 Å². The van der Waals surface area contributed by atoms with Gasteiger partial charge in [-0.15, -0.1) is 0 Å². The van der Waals surface area contributed by atoms with Gasteiger partial charge < -0.3 is 23.9 Å². The number of aliphatic hydroxyl groups is 1. The summed E-state index contributed by atoms with van der Waals surface area (Å²) in [7, 11) is 3.11. The number of hydrogen-bond donors (Lipinski definition) is 1. The largest absolute Gasteiger partial charge is 0.497 e. The first-order valence-corrected chi connectivity index (χ1v) is 11.7. The molecule has 4 heterocycles. The van der Waals surface area contributed by atoms with E-state index in [0.717, 1.165) is 0 Å². The molecule has 9 heteroatoms. The standard InChI is InChI=1S/C28H22N2O7/c1-35-15-5-3-14(4-6-15)27(33)25-18-9-16(36-2)7-8-21(18)29-26-19(25)12-30-22(26)10-17-20(28(30)34)13-37-24(32)11-23(17)31/h3-10,23,31H,11-13H2,1-2H3. The quantitative estimate of drug-likeness (QED) is 0.297. The van der Waals surface area contributed by atoms with Crippen molar-refractivity contribution >= 4 is 22.7 Å². The first-order valence-electron chi connectivity index (χ1n) is 11.7. The molecule has 2 aliphatic rings. The van der Waals surface area contributed by atoms with Crippen LogP contribution in [0, 0.1) is 0 Å². The monoisotopic (exact) mass is 498 g/mol. The Hall–Kier alpha value is -4.50. The summed E-state index contributed by atoms with van der Waals surface area (Å²) in [5, 5.41) is 11.2. The van der Waals surface area contributed by atoms with E-state index in [2.05, 4.69) is 0 Å². The molecular weight excluding hydrogens is 476 g/mol. The van der Waals surface area contributed by atoms with E-state index in [1.54, 1.807) is 62.8 Å². The van der Waals surface area contributed by atoms with E-state index in [9.17, 15) is 19.5 Å². The van der Waals surface area contributed by atoms with Crippen molar-refractivity contribution in [1.82, 2.24) is 9.55 Å². The molecule has 9 nitrogen and oxygen atoms in total. The van der Waals surface area contributed by atoms with Gasteiger partial charge in [-0.05, 0) is 54.1 Å². The third-order valence-corrected chi connectivity index (χ3v) is 6.96. The van der Waals surface area contributed by atoms with Crippen molar-refractivity contribution in [3.8, 4) is 22.9 Å². The molecule has 2 aromatic heterocycles. The number of ketones is 1. The number of carbonyl (C=O) groups is 2. The van der Waals surface area contributed by atoms with Crippen LogP contribution in [0.25, 0.3) is 22.3 Å². The van der Waals surface area contributed by atoms with E-state index < -0.39 is 12.1 Å². The smallest absolute Gasteiger partial charge is 0.309 e. The molecule has 0 radical (unpaired) electrons. The molecule has 0 bridgehead atoms. The van der Waals surface area contributed by atoms with E-state index >= 15 is 0 Å². The number of nitrogens with zero attached hydrogens (tertiary/aromatic N) is 2. The fraction of sp³-hybridized carbons (Fsp3) is 0.214. The van der Waals surface area contributed by atoms with Crippen LogP contribution >= 0.6 is 0 Å². The van der Waals surface area contributed by atoms with E-state index in [1.165, 1.54) is 4.57 Å². The second-order valence-corrected chi connectivity index (χ2v) is 8.99. The molecule has 1 unspecified atom stereocenters. The number of hydrogen-bond acceptors (Lipinski definition) is 8. The number of carbonyl (C=O) groups excluding carboxylic acids is 2. The zero-order chi connectivity index (χ0) is 25.8. The highest BCUT2D eigenvalue weighted by Gasteiger charge is 2.33. The lowest BCUT2D eigenvalue weighted by molar-refractivity contribution is -0.146. The van der Waals surface area contributed by atoms with Crippen molar-refractivity contribution in [1.29, 1.82) is 0 Å². The minimum Gasteiger partial charge on any atom is -0.497 e. The molecular formula is C28H22N2O7. The van der Waals surface area contributed by atoms with E-state index in [0.29, 0.717) is 56.0 Å². The molecule has 0 aliphatic carbocycles. The van der Waals surface area contributed by atoms with Crippen LogP contribution in [0.3, 0.4) is 0 Å². The lowest BCUT2D eigenvalue weighted by atomic mass is 9.93. The number of fused-ring (bicyclic) bond motifs is 5. The fourth-order valence-electron chi connectivity index (χ4n) is 5.06. The normalized spacial score (nSPS) is 15.9. The van der Waals surface area contributed by atoms with Crippen molar-refractivity contribution in [3.63, 3.8) is 0 Å². The van der Waals surface area contributed by atoms with E-state index in [4.69, 9.17) is 19.2 Å². The molecule has 1 N–H and O–H groups in total. The summed E-state index contributed by atoms with van der Waals surface area (Å²) in [4.78, 5) is 44.1. The summed E-state index contributed by atoms with van der Waals surface area (Å²) in [6.07, 6.45) is -1.41. The van der Waals surface area contributed by atoms with Crippen LogP contribution in [-0.4, -0.2) is 40.6 Å². The highest BCUT2D eigenvalue weighted by molar-refractivity contribution is 6.18. The average Bonchev–Trinajstić information content (AvgIpc) is 3.21. The molecule has 186 valence electrons. The number of aromatic nitrogens is 2. The Labute approximate surface area is 210 Å². The van der Waals surface area contributed by atoms with Crippen LogP contribution in [0.1, 0.15) is 45.1 Å². The third-order valence-electron chi connectivity index (χ3n) is 6.96. The van der Waals surface area contributed by atoms with Crippen LogP contribution in [0.2, 0.25) is 0 Å². The molecule has 0 amide bonds. The molecule has 2 aromatic carbocycles. The summed E-state index contributed by atoms with van der Waals surface area (Å²) in [6.45, 7) is -0.108.